The van der Waals surface area contributed by atoms with Crippen molar-refractivity contribution in [2.45, 2.75) is 6.42 Å². The van der Waals surface area contributed by atoms with E-state index in [4.69, 9.17) is 4.74 Å². The minimum absolute atomic E-state index is 0.00589. The molecule has 1 aromatic carbocycles. The number of nitrogens with one attached hydrogen (secondary N) is 2. The molecule has 0 aliphatic carbocycles. The number of rotatable bonds is 5. The van der Waals surface area contributed by atoms with E-state index in [1.807, 2.05) is 0 Å². The third-order valence-electron chi connectivity index (χ3n) is 3.32. The van der Waals surface area contributed by atoms with Crippen LogP contribution in [0, 0.1) is 0 Å². The Balaban J connectivity index is 1.91. The van der Waals surface area contributed by atoms with E-state index in [0.29, 0.717) is 50.5 Å². The lowest BCUT2D eigenvalue weighted by Gasteiger charge is -2.26. The summed E-state index contributed by atoms with van der Waals surface area (Å²) in [5.41, 5.74) is 1.33. The van der Waals surface area contributed by atoms with E-state index in [0.717, 1.165) is 0 Å². The van der Waals surface area contributed by atoms with Gasteiger partial charge in [-0.1, -0.05) is 0 Å². The Labute approximate surface area is 124 Å². The Kier molecular flexibility index (Phi) is 5.71. The number of hydrogen-bond acceptors (Lipinski definition) is 4. The van der Waals surface area contributed by atoms with Crippen LogP contribution in [0.15, 0.2) is 24.3 Å². The second kappa shape index (κ2) is 7.75. The van der Waals surface area contributed by atoms with Crippen molar-refractivity contribution in [2.24, 2.45) is 0 Å². The Bertz CT molecular complexity index is 481. The molecule has 6 nitrogen and oxygen atoms in total. The zero-order valence-electron chi connectivity index (χ0n) is 12.2. The van der Waals surface area contributed by atoms with Crippen molar-refractivity contribution in [3.63, 3.8) is 0 Å². The highest BCUT2D eigenvalue weighted by molar-refractivity contribution is 5.95. The number of hydrogen-bond donors (Lipinski definition) is 2. The fourth-order valence-electron chi connectivity index (χ4n) is 2.11. The number of morpholine rings is 1. The smallest absolute Gasteiger partial charge is 0.254 e. The van der Waals surface area contributed by atoms with Gasteiger partial charge in [0.1, 0.15) is 0 Å². The van der Waals surface area contributed by atoms with Crippen LogP contribution in [0.25, 0.3) is 0 Å². The van der Waals surface area contributed by atoms with Crippen molar-refractivity contribution in [2.75, 3.05) is 45.2 Å². The zero-order chi connectivity index (χ0) is 15.1. The summed E-state index contributed by atoms with van der Waals surface area (Å²) in [5.74, 6) is -0.0389. The van der Waals surface area contributed by atoms with Crippen molar-refractivity contribution >= 4 is 17.5 Å². The molecule has 0 saturated carbocycles. The van der Waals surface area contributed by atoms with Gasteiger partial charge in [0.05, 0.1) is 13.2 Å². The van der Waals surface area contributed by atoms with Crippen LogP contribution >= 0.6 is 0 Å². The Morgan fingerprint density at radius 3 is 2.48 bits per heavy atom. The number of benzene rings is 1. The molecule has 0 unspecified atom stereocenters. The molecule has 1 fully saturated rings. The second-order valence-electron chi connectivity index (χ2n) is 4.88. The average molecular weight is 291 g/mol. The number of carbonyl (C=O) groups excluding carboxylic acids is 2. The molecule has 1 aromatic rings. The molecule has 21 heavy (non-hydrogen) atoms. The molecular weight excluding hydrogens is 270 g/mol. The highest BCUT2D eigenvalue weighted by atomic mass is 16.5. The van der Waals surface area contributed by atoms with Gasteiger partial charge in [0.25, 0.3) is 5.91 Å². The number of ether oxygens (including phenoxy) is 1. The molecule has 0 radical (unpaired) electrons. The van der Waals surface area contributed by atoms with Gasteiger partial charge in [-0.15, -0.1) is 0 Å². The fourth-order valence-corrected chi connectivity index (χ4v) is 2.11. The molecule has 0 spiro atoms. The van der Waals surface area contributed by atoms with Gasteiger partial charge in [-0.3, -0.25) is 9.59 Å². The predicted octanol–water partition coefficient (Wildman–Crippen LogP) is 0.707. The first kappa shape index (κ1) is 15.5. The first-order valence-electron chi connectivity index (χ1n) is 7.12. The summed E-state index contributed by atoms with van der Waals surface area (Å²) < 4.78 is 5.23. The van der Waals surface area contributed by atoms with Gasteiger partial charge in [0.15, 0.2) is 0 Å². The number of anilines is 1. The summed E-state index contributed by atoms with van der Waals surface area (Å²) in [7, 11) is 1.80. The molecule has 114 valence electrons. The van der Waals surface area contributed by atoms with E-state index in [9.17, 15) is 9.59 Å². The molecule has 0 aromatic heterocycles. The van der Waals surface area contributed by atoms with E-state index in [2.05, 4.69) is 10.6 Å². The van der Waals surface area contributed by atoms with E-state index < -0.39 is 0 Å². The molecule has 2 amide bonds. The van der Waals surface area contributed by atoms with E-state index >= 15 is 0 Å². The third-order valence-corrected chi connectivity index (χ3v) is 3.32. The molecule has 6 heteroatoms. The van der Waals surface area contributed by atoms with Crippen LogP contribution < -0.4 is 10.6 Å². The SMILES string of the molecule is CNCCC(=O)Nc1ccc(C(=O)N2CCOCC2)cc1. The van der Waals surface area contributed by atoms with Crippen LogP contribution in [0.5, 0.6) is 0 Å². The van der Waals surface area contributed by atoms with Crippen LogP contribution in [0.3, 0.4) is 0 Å². The van der Waals surface area contributed by atoms with Crippen LogP contribution in [-0.2, 0) is 9.53 Å². The van der Waals surface area contributed by atoms with Gasteiger partial charge >= 0.3 is 0 Å². The summed E-state index contributed by atoms with van der Waals surface area (Å²) in [6.45, 7) is 3.07. The topological polar surface area (TPSA) is 70.7 Å². The van der Waals surface area contributed by atoms with Crippen molar-refractivity contribution in [3.8, 4) is 0 Å². The molecule has 0 bridgehead atoms. The summed E-state index contributed by atoms with van der Waals surface area (Å²) >= 11 is 0. The van der Waals surface area contributed by atoms with E-state index in [1.54, 1.807) is 36.2 Å². The number of nitrogens with zero attached hydrogens (tertiary/aromatic N) is 1. The van der Waals surface area contributed by atoms with Gasteiger partial charge in [-0.25, -0.2) is 0 Å². The van der Waals surface area contributed by atoms with Crippen molar-refractivity contribution in [1.29, 1.82) is 0 Å². The summed E-state index contributed by atoms with van der Waals surface area (Å²) in [5, 5.41) is 5.72. The van der Waals surface area contributed by atoms with Crippen molar-refractivity contribution in [1.82, 2.24) is 10.2 Å². The van der Waals surface area contributed by atoms with Crippen LogP contribution in [-0.4, -0.2) is 56.6 Å². The van der Waals surface area contributed by atoms with E-state index in [-0.39, 0.29) is 11.8 Å². The molecular formula is C15H21N3O3. The molecule has 2 N–H and O–H groups in total. The maximum atomic E-state index is 12.2. The molecule has 2 rings (SSSR count). The van der Waals surface area contributed by atoms with Crippen LogP contribution in [0.2, 0.25) is 0 Å². The Morgan fingerprint density at radius 2 is 1.86 bits per heavy atom. The minimum Gasteiger partial charge on any atom is -0.378 e. The van der Waals surface area contributed by atoms with Crippen LogP contribution in [0.1, 0.15) is 16.8 Å². The van der Waals surface area contributed by atoms with Crippen molar-refractivity contribution < 1.29 is 14.3 Å². The third kappa shape index (κ3) is 4.54. The van der Waals surface area contributed by atoms with E-state index in [1.165, 1.54) is 0 Å². The number of amides is 2. The average Bonchev–Trinajstić information content (AvgIpc) is 2.54. The number of carbonyl (C=O) groups is 2. The maximum Gasteiger partial charge on any atom is 0.254 e. The van der Waals surface area contributed by atoms with Crippen molar-refractivity contribution in [3.05, 3.63) is 29.8 Å². The molecule has 1 heterocycles. The fraction of sp³-hybridized carbons (Fsp3) is 0.467. The lowest BCUT2D eigenvalue weighted by Crippen LogP contribution is -2.40. The first-order valence-corrected chi connectivity index (χ1v) is 7.12. The Hall–Kier alpha value is -1.92. The first-order chi connectivity index (χ1) is 10.2. The standard InChI is InChI=1S/C15H21N3O3/c1-16-7-6-14(19)17-13-4-2-12(3-5-13)15(20)18-8-10-21-11-9-18/h2-5,16H,6-11H2,1H3,(H,17,19). The molecule has 0 atom stereocenters. The zero-order valence-corrected chi connectivity index (χ0v) is 12.2. The lowest BCUT2D eigenvalue weighted by molar-refractivity contribution is -0.116. The largest absolute Gasteiger partial charge is 0.378 e. The van der Waals surface area contributed by atoms with Gasteiger partial charge < -0.3 is 20.3 Å². The van der Waals surface area contributed by atoms with Gasteiger partial charge in [0.2, 0.25) is 5.91 Å². The molecule has 1 saturated heterocycles. The summed E-state index contributed by atoms with van der Waals surface area (Å²) in [6.07, 6.45) is 0.422. The van der Waals surface area contributed by atoms with Crippen LogP contribution in [0.4, 0.5) is 5.69 Å². The summed E-state index contributed by atoms with van der Waals surface area (Å²) in [6, 6.07) is 6.99. The molecule has 1 aliphatic heterocycles. The maximum absolute atomic E-state index is 12.2. The highest BCUT2D eigenvalue weighted by Gasteiger charge is 2.18. The Morgan fingerprint density at radius 1 is 1.19 bits per heavy atom. The van der Waals surface area contributed by atoms with Gasteiger partial charge in [-0.2, -0.15) is 0 Å². The monoisotopic (exact) mass is 291 g/mol. The summed E-state index contributed by atoms with van der Waals surface area (Å²) in [4.78, 5) is 25.6. The highest BCUT2D eigenvalue weighted by Crippen LogP contribution is 2.12. The quantitative estimate of drug-likeness (QED) is 0.838. The van der Waals surface area contributed by atoms with Gasteiger partial charge in [0, 0.05) is 37.3 Å². The minimum atomic E-state index is -0.0448. The normalized spacial score (nSPS) is 14.8. The second-order valence-corrected chi connectivity index (χ2v) is 4.88. The predicted molar refractivity (Wildman–Crippen MR) is 80.3 cm³/mol. The lowest BCUT2D eigenvalue weighted by atomic mass is 10.1. The van der Waals surface area contributed by atoms with Gasteiger partial charge in [-0.05, 0) is 31.3 Å². The molecule has 1 aliphatic rings.